The monoisotopic (exact) mass is 439 g/mol. The topological polar surface area (TPSA) is 8.81 Å². The molecular weight excluding hydrogens is 388 g/mol. The first kappa shape index (κ1) is 26.7. The van der Waals surface area contributed by atoms with Crippen molar-refractivity contribution in [3.8, 4) is 0 Å². The highest BCUT2D eigenvalue weighted by molar-refractivity contribution is 5.18. The summed E-state index contributed by atoms with van der Waals surface area (Å²) >= 11 is 0. The molecule has 0 N–H and O–H groups in total. The van der Waals surface area contributed by atoms with Gasteiger partial charge in [0.15, 0.2) is 0 Å². The molecule has 0 aliphatic carbocycles. The summed E-state index contributed by atoms with van der Waals surface area (Å²) in [7, 11) is 0. The van der Waals surface area contributed by atoms with Gasteiger partial charge < -0.3 is 0 Å². The number of aryl methyl sites for hydroxylation is 2. The summed E-state index contributed by atoms with van der Waals surface area (Å²) in [5, 5.41) is 0. The summed E-state index contributed by atoms with van der Waals surface area (Å²) in [6.45, 7) is 6.92. The van der Waals surface area contributed by atoms with E-state index in [1.165, 1.54) is 121 Å². The van der Waals surface area contributed by atoms with Crippen molar-refractivity contribution < 1.29 is 4.57 Å². The Labute approximate surface area is 199 Å². The van der Waals surface area contributed by atoms with Crippen molar-refractivity contribution in [3.63, 3.8) is 0 Å². The van der Waals surface area contributed by atoms with Crippen LogP contribution in [0.2, 0.25) is 0 Å². The first-order valence-corrected chi connectivity index (χ1v) is 14.0. The lowest BCUT2D eigenvalue weighted by Gasteiger charge is -2.07. The second-order valence-electron chi connectivity index (χ2n) is 9.71. The van der Waals surface area contributed by atoms with Crippen LogP contribution in [0, 0.1) is 0 Å². The highest BCUT2D eigenvalue weighted by Crippen LogP contribution is 2.13. The van der Waals surface area contributed by atoms with E-state index < -0.39 is 0 Å². The zero-order valence-electron chi connectivity index (χ0n) is 21.4. The van der Waals surface area contributed by atoms with Crippen molar-refractivity contribution in [3.05, 3.63) is 54.1 Å². The first-order chi connectivity index (χ1) is 15.8. The second-order valence-corrected chi connectivity index (χ2v) is 9.71. The molecule has 2 rings (SSSR count). The molecule has 0 radical (unpaired) electrons. The minimum Gasteiger partial charge on any atom is -0.234 e. The molecule has 0 aliphatic rings. The van der Waals surface area contributed by atoms with Gasteiger partial charge in [0.2, 0.25) is 0 Å². The standard InChI is InChI=1S/C30H51N2/c1-3-5-7-9-10-11-12-13-14-15-16-21-25-32-27-26-31(24-20-8-6-4-2)30(32)28-29-22-18-17-19-23-29/h17-19,22-23,26-27H,3-16,20-21,24-25,28H2,1-2H3/q+1. The summed E-state index contributed by atoms with van der Waals surface area (Å²) in [5.74, 6) is 1.48. The normalized spacial score (nSPS) is 11.3. The molecule has 1 aromatic heterocycles. The maximum atomic E-state index is 2.53. The van der Waals surface area contributed by atoms with E-state index in [0.717, 1.165) is 13.0 Å². The van der Waals surface area contributed by atoms with E-state index in [9.17, 15) is 0 Å². The lowest BCUT2D eigenvalue weighted by atomic mass is 10.1. The van der Waals surface area contributed by atoms with Crippen LogP contribution in [0.25, 0.3) is 0 Å². The smallest absolute Gasteiger partial charge is 0.234 e. The van der Waals surface area contributed by atoms with E-state index in [2.05, 4.69) is 65.7 Å². The SMILES string of the molecule is CCCCCCCCCCCCCC[n+]1ccn(CCCCCC)c1Cc1ccccc1. The summed E-state index contributed by atoms with van der Waals surface area (Å²) in [5.41, 5.74) is 1.42. The number of benzene rings is 1. The Morgan fingerprint density at radius 3 is 1.75 bits per heavy atom. The highest BCUT2D eigenvalue weighted by Gasteiger charge is 2.17. The molecule has 2 nitrogen and oxygen atoms in total. The van der Waals surface area contributed by atoms with Gasteiger partial charge in [-0.15, -0.1) is 0 Å². The van der Waals surface area contributed by atoms with Gasteiger partial charge in [-0.25, -0.2) is 9.13 Å². The molecule has 1 heterocycles. The van der Waals surface area contributed by atoms with Gasteiger partial charge in [0.1, 0.15) is 12.4 Å². The minimum atomic E-state index is 1.04. The van der Waals surface area contributed by atoms with Crippen molar-refractivity contribution in [1.29, 1.82) is 0 Å². The number of nitrogens with zero attached hydrogens (tertiary/aromatic N) is 2. The summed E-state index contributed by atoms with van der Waals surface area (Å²) in [4.78, 5) is 0. The average molecular weight is 440 g/mol. The Hall–Kier alpha value is -1.57. The van der Waals surface area contributed by atoms with E-state index in [0.29, 0.717) is 0 Å². The number of hydrogen-bond acceptors (Lipinski definition) is 0. The Morgan fingerprint density at radius 2 is 1.16 bits per heavy atom. The number of imidazole rings is 1. The lowest BCUT2D eigenvalue weighted by molar-refractivity contribution is -0.703. The van der Waals surface area contributed by atoms with Crippen molar-refractivity contribution in [1.82, 2.24) is 4.57 Å². The highest BCUT2D eigenvalue weighted by atomic mass is 15.1. The third-order valence-electron chi connectivity index (χ3n) is 6.80. The van der Waals surface area contributed by atoms with Gasteiger partial charge in [0.25, 0.3) is 5.82 Å². The summed E-state index contributed by atoms with van der Waals surface area (Å²) in [6, 6.07) is 11.0. The molecule has 0 saturated heterocycles. The van der Waals surface area contributed by atoms with Crippen LogP contribution in [0.1, 0.15) is 128 Å². The fourth-order valence-corrected chi connectivity index (χ4v) is 4.72. The number of hydrogen-bond donors (Lipinski definition) is 0. The Kier molecular flexibility index (Phi) is 14.9. The molecule has 32 heavy (non-hydrogen) atoms. The van der Waals surface area contributed by atoms with E-state index in [-0.39, 0.29) is 0 Å². The third-order valence-corrected chi connectivity index (χ3v) is 6.80. The Bertz CT molecular complexity index is 673. The predicted octanol–water partition coefficient (Wildman–Crippen LogP) is 8.65. The van der Waals surface area contributed by atoms with Crippen molar-refractivity contribution in [2.45, 2.75) is 136 Å². The van der Waals surface area contributed by atoms with E-state index in [1.54, 1.807) is 0 Å². The average Bonchev–Trinajstić information content (AvgIpc) is 3.19. The van der Waals surface area contributed by atoms with Gasteiger partial charge in [0.05, 0.1) is 19.5 Å². The van der Waals surface area contributed by atoms with Gasteiger partial charge in [-0.2, -0.15) is 0 Å². The van der Waals surface area contributed by atoms with E-state index in [4.69, 9.17) is 0 Å². The molecule has 2 aromatic rings. The first-order valence-electron chi connectivity index (χ1n) is 14.0. The molecule has 0 atom stereocenters. The van der Waals surface area contributed by atoms with Crippen LogP contribution >= 0.6 is 0 Å². The molecule has 0 unspecified atom stereocenters. The maximum Gasteiger partial charge on any atom is 0.260 e. The largest absolute Gasteiger partial charge is 0.260 e. The fourth-order valence-electron chi connectivity index (χ4n) is 4.72. The van der Waals surface area contributed by atoms with E-state index in [1.807, 2.05) is 0 Å². The molecule has 0 amide bonds. The van der Waals surface area contributed by atoms with Gasteiger partial charge in [0, 0.05) is 0 Å². The predicted molar refractivity (Wildman–Crippen MR) is 139 cm³/mol. The summed E-state index contributed by atoms with van der Waals surface area (Å²) < 4.78 is 5.05. The van der Waals surface area contributed by atoms with Gasteiger partial charge in [-0.3, -0.25) is 0 Å². The number of aromatic nitrogens is 2. The Balaban J connectivity index is 1.69. The molecule has 1 aromatic carbocycles. The Morgan fingerprint density at radius 1 is 0.625 bits per heavy atom. The van der Waals surface area contributed by atoms with Crippen molar-refractivity contribution in [2.75, 3.05) is 0 Å². The molecule has 0 saturated carbocycles. The van der Waals surface area contributed by atoms with Crippen LogP contribution < -0.4 is 4.57 Å². The molecule has 0 aliphatic heterocycles. The quantitative estimate of drug-likeness (QED) is 0.144. The van der Waals surface area contributed by atoms with E-state index >= 15 is 0 Å². The van der Waals surface area contributed by atoms with Crippen LogP contribution in [-0.4, -0.2) is 4.57 Å². The van der Waals surface area contributed by atoms with Crippen LogP contribution in [0.4, 0.5) is 0 Å². The number of unbranched alkanes of at least 4 members (excludes halogenated alkanes) is 14. The van der Waals surface area contributed by atoms with Gasteiger partial charge >= 0.3 is 0 Å². The van der Waals surface area contributed by atoms with Crippen LogP contribution in [0.15, 0.2) is 42.7 Å². The molecule has 0 fully saturated rings. The molecule has 2 heteroatoms. The third kappa shape index (κ3) is 11.3. The molecular formula is C30H51N2+. The van der Waals surface area contributed by atoms with Gasteiger partial charge in [-0.1, -0.05) is 121 Å². The molecule has 0 spiro atoms. The van der Waals surface area contributed by atoms with Crippen LogP contribution in [0.3, 0.4) is 0 Å². The number of rotatable bonds is 20. The van der Waals surface area contributed by atoms with Crippen LogP contribution in [-0.2, 0) is 19.5 Å². The second kappa shape index (κ2) is 17.9. The van der Waals surface area contributed by atoms with Crippen molar-refractivity contribution in [2.24, 2.45) is 0 Å². The lowest BCUT2D eigenvalue weighted by Crippen LogP contribution is -2.37. The van der Waals surface area contributed by atoms with Gasteiger partial charge in [-0.05, 0) is 31.2 Å². The zero-order valence-corrected chi connectivity index (χ0v) is 21.4. The van der Waals surface area contributed by atoms with Crippen LogP contribution in [0.5, 0.6) is 0 Å². The summed E-state index contributed by atoms with van der Waals surface area (Å²) in [6.07, 6.45) is 28.0. The fraction of sp³-hybridized carbons (Fsp3) is 0.700. The zero-order chi connectivity index (χ0) is 22.7. The molecule has 180 valence electrons. The van der Waals surface area contributed by atoms with Crippen molar-refractivity contribution >= 4 is 0 Å². The molecule has 0 bridgehead atoms. The maximum absolute atomic E-state index is 2.53. The minimum absolute atomic E-state index is 1.04.